The summed E-state index contributed by atoms with van der Waals surface area (Å²) in [6.07, 6.45) is 5.41. The molecule has 1 aliphatic rings. The number of amides is 1. The summed E-state index contributed by atoms with van der Waals surface area (Å²) < 4.78 is 11.0. The lowest BCUT2D eigenvalue weighted by atomic mass is 10.1. The van der Waals surface area contributed by atoms with Crippen molar-refractivity contribution in [3.8, 4) is 5.75 Å². The first kappa shape index (κ1) is 13.8. The first-order chi connectivity index (χ1) is 9.29. The zero-order valence-corrected chi connectivity index (χ0v) is 11.2. The molecule has 1 saturated heterocycles. The van der Waals surface area contributed by atoms with Crippen LogP contribution < -0.4 is 4.74 Å². The number of carbonyl (C=O) groups is 1. The first-order valence-corrected chi connectivity index (χ1v) is 6.71. The monoisotopic (exact) mass is 264 g/mol. The molecule has 0 aromatic carbocycles. The van der Waals surface area contributed by atoms with Gasteiger partial charge in [0.2, 0.25) is 5.91 Å². The van der Waals surface area contributed by atoms with Gasteiger partial charge in [0.05, 0.1) is 6.54 Å². The summed E-state index contributed by atoms with van der Waals surface area (Å²) in [6.45, 7) is 4.05. The standard InChI is InChI=1S/C14H20N2O3/c1-2-18-11-14(17)16-9-3-4-13(10-16)19-12-5-7-15-8-6-12/h5-8,13H,2-4,9-11H2,1H3/t13-/m0/s1. The van der Waals surface area contributed by atoms with Gasteiger partial charge in [-0.1, -0.05) is 0 Å². The van der Waals surface area contributed by atoms with Gasteiger partial charge in [0.15, 0.2) is 0 Å². The van der Waals surface area contributed by atoms with E-state index in [-0.39, 0.29) is 18.6 Å². The Kier molecular flexibility index (Phi) is 5.15. The topological polar surface area (TPSA) is 51.7 Å². The maximum atomic E-state index is 11.9. The molecule has 0 unspecified atom stereocenters. The molecule has 2 rings (SSSR count). The van der Waals surface area contributed by atoms with Crippen molar-refractivity contribution >= 4 is 5.91 Å². The van der Waals surface area contributed by atoms with Crippen molar-refractivity contribution in [1.29, 1.82) is 0 Å². The highest BCUT2D eigenvalue weighted by atomic mass is 16.5. The molecule has 104 valence electrons. The van der Waals surface area contributed by atoms with Crippen LogP contribution in [-0.2, 0) is 9.53 Å². The van der Waals surface area contributed by atoms with Crippen molar-refractivity contribution < 1.29 is 14.3 Å². The molecular formula is C14H20N2O3. The van der Waals surface area contributed by atoms with Crippen molar-refractivity contribution in [2.75, 3.05) is 26.3 Å². The van der Waals surface area contributed by atoms with Gasteiger partial charge in [-0.3, -0.25) is 9.78 Å². The minimum atomic E-state index is 0.0462. The number of aromatic nitrogens is 1. The molecule has 0 radical (unpaired) electrons. The molecule has 5 nitrogen and oxygen atoms in total. The molecule has 1 fully saturated rings. The Morgan fingerprint density at radius 2 is 2.26 bits per heavy atom. The van der Waals surface area contributed by atoms with Crippen LogP contribution in [-0.4, -0.2) is 48.2 Å². The Balaban J connectivity index is 1.85. The summed E-state index contributed by atoms with van der Waals surface area (Å²) in [7, 11) is 0. The molecule has 0 N–H and O–H groups in total. The average molecular weight is 264 g/mol. The highest BCUT2D eigenvalue weighted by Crippen LogP contribution is 2.17. The van der Waals surface area contributed by atoms with Crippen LogP contribution in [0, 0.1) is 0 Å². The van der Waals surface area contributed by atoms with E-state index >= 15 is 0 Å². The van der Waals surface area contributed by atoms with E-state index in [1.54, 1.807) is 12.4 Å². The van der Waals surface area contributed by atoms with E-state index in [0.717, 1.165) is 25.1 Å². The van der Waals surface area contributed by atoms with Crippen LogP contribution in [0.15, 0.2) is 24.5 Å². The molecule has 1 aromatic heterocycles. The van der Waals surface area contributed by atoms with Crippen LogP contribution in [0.3, 0.4) is 0 Å². The van der Waals surface area contributed by atoms with E-state index in [1.807, 2.05) is 24.0 Å². The second-order valence-electron chi connectivity index (χ2n) is 4.54. The zero-order chi connectivity index (χ0) is 13.5. The van der Waals surface area contributed by atoms with E-state index in [1.165, 1.54) is 0 Å². The van der Waals surface area contributed by atoms with Gasteiger partial charge in [0, 0.05) is 25.5 Å². The lowest BCUT2D eigenvalue weighted by molar-refractivity contribution is -0.138. The van der Waals surface area contributed by atoms with Crippen LogP contribution in [0.1, 0.15) is 19.8 Å². The summed E-state index contributed by atoms with van der Waals surface area (Å²) in [5.74, 6) is 0.851. The summed E-state index contributed by atoms with van der Waals surface area (Å²) in [4.78, 5) is 17.7. The fourth-order valence-corrected chi connectivity index (χ4v) is 2.15. The van der Waals surface area contributed by atoms with Gasteiger partial charge in [-0.2, -0.15) is 0 Å². The lowest BCUT2D eigenvalue weighted by Gasteiger charge is -2.32. The third-order valence-corrected chi connectivity index (χ3v) is 3.11. The molecule has 5 heteroatoms. The van der Waals surface area contributed by atoms with Crippen LogP contribution in [0.4, 0.5) is 0 Å². The quantitative estimate of drug-likeness (QED) is 0.808. The molecule has 1 atom stereocenters. The number of nitrogens with zero attached hydrogens (tertiary/aromatic N) is 2. The summed E-state index contributed by atoms with van der Waals surface area (Å²) in [6, 6.07) is 3.67. The SMILES string of the molecule is CCOCC(=O)N1CCC[C@H](Oc2ccncc2)C1. The number of hydrogen-bond donors (Lipinski definition) is 0. The van der Waals surface area contributed by atoms with Crippen LogP contribution in [0.25, 0.3) is 0 Å². The van der Waals surface area contributed by atoms with Crippen LogP contribution in [0.2, 0.25) is 0 Å². The number of pyridine rings is 1. The third-order valence-electron chi connectivity index (χ3n) is 3.11. The second-order valence-corrected chi connectivity index (χ2v) is 4.54. The van der Waals surface area contributed by atoms with E-state index in [2.05, 4.69) is 4.98 Å². The molecule has 2 heterocycles. The predicted molar refractivity (Wildman–Crippen MR) is 71.0 cm³/mol. The van der Waals surface area contributed by atoms with E-state index < -0.39 is 0 Å². The van der Waals surface area contributed by atoms with Gasteiger partial charge in [-0.25, -0.2) is 0 Å². The maximum Gasteiger partial charge on any atom is 0.248 e. The first-order valence-electron chi connectivity index (χ1n) is 6.71. The van der Waals surface area contributed by atoms with Gasteiger partial charge < -0.3 is 14.4 Å². The number of hydrogen-bond acceptors (Lipinski definition) is 4. The third kappa shape index (κ3) is 4.21. The van der Waals surface area contributed by atoms with Gasteiger partial charge in [-0.15, -0.1) is 0 Å². The van der Waals surface area contributed by atoms with Crippen LogP contribution in [0.5, 0.6) is 5.75 Å². The maximum absolute atomic E-state index is 11.9. The molecular weight excluding hydrogens is 244 g/mol. The van der Waals surface area contributed by atoms with Crippen molar-refractivity contribution in [3.05, 3.63) is 24.5 Å². The lowest BCUT2D eigenvalue weighted by Crippen LogP contribution is -2.45. The molecule has 1 amide bonds. The number of piperidine rings is 1. The smallest absolute Gasteiger partial charge is 0.248 e. The molecule has 1 aliphatic heterocycles. The molecule has 0 spiro atoms. The molecule has 1 aromatic rings. The summed E-state index contributed by atoms with van der Waals surface area (Å²) in [5.41, 5.74) is 0. The van der Waals surface area contributed by atoms with Gasteiger partial charge in [0.25, 0.3) is 0 Å². The van der Waals surface area contributed by atoms with Gasteiger partial charge in [-0.05, 0) is 31.9 Å². The normalized spacial score (nSPS) is 19.2. The fourth-order valence-electron chi connectivity index (χ4n) is 2.15. The summed E-state index contributed by atoms with van der Waals surface area (Å²) >= 11 is 0. The number of ether oxygens (including phenoxy) is 2. The van der Waals surface area contributed by atoms with E-state index in [0.29, 0.717) is 13.2 Å². The largest absolute Gasteiger partial charge is 0.488 e. The number of rotatable bonds is 5. The van der Waals surface area contributed by atoms with Crippen molar-refractivity contribution in [2.24, 2.45) is 0 Å². The molecule has 0 bridgehead atoms. The van der Waals surface area contributed by atoms with E-state index in [9.17, 15) is 4.79 Å². The van der Waals surface area contributed by atoms with Crippen molar-refractivity contribution in [1.82, 2.24) is 9.88 Å². The average Bonchev–Trinajstić information content (AvgIpc) is 2.46. The Morgan fingerprint density at radius 1 is 1.47 bits per heavy atom. The summed E-state index contributed by atoms with van der Waals surface area (Å²) in [5, 5.41) is 0. The number of likely N-dealkylation sites (tertiary alicyclic amines) is 1. The Bertz CT molecular complexity index is 397. The Morgan fingerprint density at radius 3 is 3.00 bits per heavy atom. The Labute approximate surface area is 113 Å². The van der Waals surface area contributed by atoms with Crippen molar-refractivity contribution in [2.45, 2.75) is 25.9 Å². The predicted octanol–water partition coefficient (Wildman–Crippen LogP) is 1.49. The minimum absolute atomic E-state index is 0.0462. The van der Waals surface area contributed by atoms with Gasteiger partial charge in [0.1, 0.15) is 18.5 Å². The van der Waals surface area contributed by atoms with E-state index in [4.69, 9.17) is 9.47 Å². The number of carbonyl (C=O) groups excluding carboxylic acids is 1. The van der Waals surface area contributed by atoms with Crippen LogP contribution >= 0.6 is 0 Å². The molecule has 19 heavy (non-hydrogen) atoms. The highest BCUT2D eigenvalue weighted by molar-refractivity contribution is 5.77. The van der Waals surface area contributed by atoms with Gasteiger partial charge >= 0.3 is 0 Å². The zero-order valence-electron chi connectivity index (χ0n) is 11.2. The van der Waals surface area contributed by atoms with Crippen molar-refractivity contribution in [3.63, 3.8) is 0 Å². The second kappa shape index (κ2) is 7.09. The molecule has 0 aliphatic carbocycles. The fraction of sp³-hybridized carbons (Fsp3) is 0.571. The Hall–Kier alpha value is -1.62. The molecule has 0 saturated carbocycles. The minimum Gasteiger partial charge on any atom is -0.488 e. The highest BCUT2D eigenvalue weighted by Gasteiger charge is 2.24.